The predicted octanol–water partition coefficient (Wildman–Crippen LogP) is 2.82. The summed E-state index contributed by atoms with van der Waals surface area (Å²) in [6.45, 7) is 7.38. The standard InChI is InChI=1S/C20H34N4O2.HI/c1-5-26-19-10-8-17(9-11-19)16-23(3)20(21-2)22-15-18-7-6-12-24(18)13-14-25-4;/h8-11,18H,5-7,12-16H2,1-4H3,(H,21,22);1H. The van der Waals surface area contributed by atoms with Gasteiger partial charge in [0.1, 0.15) is 5.75 Å². The Hall–Kier alpha value is -1.06. The number of halogens is 1. The van der Waals surface area contributed by atoms with E-state index in [1.165, 1.54) is 18.4 Å². The molecule has 0 aromatic heterocycles. The van der Waals surface area contributed by atoms with E-state index >= 15 is 0 Å². The number of hydrogen-bond acceptors (Lipinski definition) is 4. The summed E-state index contributed by atoms with van der Waals surface area (Å²) in [4.78, 5) is 9.11. The zero-order valence-electron chi connectivity index (χ0n) is 17.1. The predicted molar refractivity (Wildman–Crippen MR) is 122 cm³/mol. The smallest absolute Gasteiger partial charge is 0.193 e. The van der Waals surface area contributed by atoms with Crippen molar-refractivity contribution in [1.29, 1.82) is 0 Å². The summed E-state index contributed by atoms with van der Waals surface area (Å²) in [7, 11) is 5.68. The van der Waals surface area contributed by atoms with Gasteiger partial charge in [-0.15, -0.1) is 24.0 Å². The number of likely N-dealkylation sites (tertiary alicyclic amines) is 1. The lowest BCUT2D eigenvalue weighted by Gasteiger charge is -2.27. The number of rotatable bonds is 9. The molecule has 1 aromatic carbocycles. The van der Waals surface area contributed by atoms with Gasteiger partial charge >= 0.3 is 0 Å². The lowest BCUT2D eigenvalue weighted by molar-refractivity contribution is 0.141. The number of methoxy groups -OCH3 is 1. The maximum absolute atomic E-state index is 5.50. The number of aliphatic imine (C=N–C) groups is 1. The van der Waals surface area contributed by atoms with Crippen LogP contribution in [0.1, 0.15) is 25.3 Å². The summed E-state index contributed by atoms with van der Waals surface area (Å²) in [6.07, 6.45) is 2.49. The van der Waals surface area contributed by atoms with Crippen LogP contribution in [0.25, 0.3) is 0 Å². The zero-order valence-corrected chi connectivity index (χ0v) is 19.4. The molecule has 1 aliphatic rings. The van der Waals surface area contributed by atoms with Gasteiger partial charge in [-0.3, -0.25) is 9.89 Å². The van der Waals surface area contributed by atoms with Gasteiger partial charge in [0.25, 0.3) is 0 Å². The average Bonchev–Trinajstić information content (AvgIpc) is 3.09. The van der Waals surface area contributed by atoms with Crippen LogP contribution >= 0.6 is 24.0 Å². The van der Waals surface area contributed by atoms with Gasteiger partial charge in [0.05, 0.1) is 13.2 Å². The van der Waals surface area contributed by atoms with Crippen molar-refractivity contribution in [3.05, 3.63) is 29.8 Å². The second-order valence-electron chi connectivity index (χ2n) is 6.69. The lowest BCUT2D eigenvalue weighted by atomic mass is 10.2. The molecule has 7 heteroatoms. The highest BCUT2D eigenvalue weighted by molar-refractivity contribution is 14.0. The Bertz CT molecular complexity index is 553. The third kappa shape index (κ3) is 7.83. The molecule has 1 saturated heterocycles. The van der Waals surface area contributed by atoms with Crippen molar-refractivity contribution in [3.63, 3.8) is 0 Å². The molecule has 154 valence electrons. The third-order valence-electron chi connectivity index (χ3n) is 4.80. The van der Waals surface area contributed by atoms with Crippen LogP contribution < -0.4 is 10.1 Å². The molecule has 1 atom stereocenters. The third-order valence-corrected chi connectivity index (χ3v) is 4.80. The van der Waals surface area contributed by atoms with E-state index in [0.717, 1.165) is 44.5 Å². The first-order chi connectivity index (χ1) is 12.7. The molecule has 0 radical (unpaired) electrons. The van der Waals surface area contributed by atoms with Gasteiger partial charge in [0, 0.05) is 46.9 Å². The van der Waals surface area contributed by atoms with Crippen molar-refractivity contribution in [2.75, 3.05) is 54.1 Å². The van der Waals surface area contributed by atoms with E-state index in [0.29, 0.717) is 12.6 Å². The molecule has 0 saturated carbocycles. The monoisotopic (exact) mass is 490 g/mol. The summed E-state index contributed by atoms with van der Waals surface area (Å²) in [6, 6.07) is 8.82. The van der Waals surface area contributed by atoms with Crippen molar-refractivity contribution in [2.45, 2.75) is 32.4 Å². The van der Waals surface area contributed by atoms with Crippen LogP contribution in [0.4, 0.5) is 0 Å². The number of guanidine groups is 1. The molecule has 27 heavy (non-hydrogen) atoms. The Morgan fingerprint density at radius 2 is 2.07 bits per heavy atom. The first kappa shape index (κ1) is 24.0. The SMILES string of the molecule is CCOc1ccc(CN(C)C(=NC)NCC2CCCN2CCOC)cc1.I. The van der Waals surface area contributed by atoms with Crippen molar-refractivity contribution in [3.8, 4) is 5.75 Å². The molecule has 6 nitrogen and oxygen atoms in total. The molecule has 1 aromatic rings. The zero-order chi connectivity index (χ0) is 18.8. The first-order valence-electron chi connectivity index (χ1n) is 9.54. The van der Waals surface area contributed by atoms with Gasteiger partial charge < -0.3 is 19.7 Å². The molecule has 0 spiro atoms. The number of ether oxygens (including phenoxy) is 2. The van der Waals surface area contributed by atoms with Crippen LogP contribution in [0.5, 0.6) is 5.75 Å². The first-order valence-corrected chi connectivity index (χ1v) is 9.54. The number of benzene rings is 1. The van der Waals surface area contributed by atoms with Gasteiger partial charge in [0.2, 0.25) is 0 Å². The Labute approximate surface area is 181 Å². The molecule has 1 aliphatic heterocycles. The van der Waals surface area contributed by atoms with E-state index < -0.39 is 0 Å². The van der Waals surface area contributed by atoms with E-state index in [1.54, 1.807) is 7.11 Å². The van der Waals surface area contributed by atoms with Gasteiger partial charge in [-0.1, -0.05) is 12.1 Å². The molecule has 0 bridgehead atoms. The fourth-order valence-electron chi connectivity index (χ4n) is 3.43. The minimum absolute atomic E-state index is 0. The van der Waals surface area contributed by atoms with E-state index in [9.17, 15) is 0 Å². The molecule has 1 N–H and O–H groups in total. The molecule has 2 rings (SSSR count). The van der Waals surface area contributed by atoms with Crippen molar-refractivity contribution < 1.29 is 9.47 Å². The minimum Gasteiger partial charge on any atom is -0.494 e. The average molecular weight is 490 g/mol. The largest absolute Gasteiger partial charge is 0.494 e. The highest BCUT2D eigenvalue weighted by Gasteiger charge is 2.24. The number of nitrogens with one attached hydrogen (secondary N) is 1. The molecule has 1 fully saturated rings. The number of hydrogen-bond donors (Lipinski definition) is 1. The van der Waals surface area contributed by atoms with Crippen LogP contribution in [0, 0.1) is 0 Å². The maximum Gasteiger partial charge on any atom is 0.193 e. The Kier molecular flexibility index (Phi) is 11.7. The van der Waals surface area contributed by atoms with Gasteiger partial charge in [-0.05, 0) is 44.0 Å². The quantitative estimate of drug-likeness (QED) is 0.328. The van der Waals surface area contributed by atoms with Crippen molar-refractivity contribution >= 4 is 29.9 Å². The second kappa shape index (κ2) is 13.2. The van der Waals surface area contributed by atoms with Crippen LogP contribution in [-0.4, -0.2) is 75.9 Å². The highest BCUT2D eigenvalue weighted by atomic mass is 127. The van der Waals surface area contributed by atoms with Crippen molar-refractivity contribution in [1.82, 2.24) is 15.1 Å². The van der Waals surface area contributed by atoms with Gasteiger partial charge in [-0.25, -0.2) is 0 Å². The minimum atomic E-state index is 0. The summed E-state index contributed by atoms with van der Waals surface area (Å²) in [5, 5.41) is 3.54. The maximum atomic E-state index is 5.50. The Balaban J connectivity index is 0.00000364. The van der Waals surface area contributed by atoms with Gasteiger partial charge in [0.15, 0.2) is 5.96 Å². The molecular weight excluding hydrogens is 455 g/mol. The van der Waals surface area contributed by atoms with Crippen molar-refractivity contribution in [2.24, 2.45) is 4.99 Å². The number of nitrogens with zero attached hydrogens (tertiary/aromatic N) is 3. The highest BCUT2D eigenvalue weighted by Crippen LogP contribution is 2.16. The summed E-state index contributed by atoms with van der Waals surface area (Å²) in [5.74, 6) is 1.84. The summed E-state index contributed by atoms with van der Waals surface area (Å²) >= 11 is 0. The molecular formula is C20H35IN4O2. The van der Waals surface area contributed by atoms with Crippen LogP contribution in [0.15, 0.2) is 29.3 Å². The molecule has 1 unspecified atom stereocenters. The Morgan fingerprint density at radius 1 is 1.33 bits per heavy atom. The summed E-state index contributed by atoms with van der Waals surface area (Å²) in [5.41, 5.74) is 1.24. The van der Waals surface area contributed by atoms with Crippen LogP contribution in [0.2, 0.25) is 0 Å². The van der Waals surface area contributed by atoms with Crippen LogP contribution in [-0.2, 0) is 11.3 Å². The van der Waals surface area contributed by atoms with E-state index in [1.807, 2.05) is 26.1 Å². The lowest BCUT2D eigenvalue weighted by Crippen LogP contribution is -2.45. The normalized spacial score (nSPS) is 17.5. The van der Waals surface area contributed by atoms with Gasteiger partial charge in [-0.2, -0.15) is 0 Å². The Morgan fingerprint density at radius 3 is 2.70 bits per heavy atom. The van der Waals surface area contributed by atoms with E-state index in [4.69, 9.17) is 9.47 Å². The molecule has 0 aliphatic carbocycles. The van der Waals surface area contributed by atoms with E-state index in [2.05, 4.69) is 39.3 Å². The van der Waals surface area contributed by atoms with E-state index in [-0.39, 0.29) is 24.0 Å². The fourth-order valence-corrected chi connectivity index (χ4v) is 3.43. The molecule has 0 amide bonds. The second-order valence-corrected chi connectivity index (χ2v) is 6.69. The fraction of sp³-hybridized carbons (Fsp3) is 0.650. The van der Waals surface area contributed by atoms with Crippen LogP contribution in [0.3, 0.4) is 0 Å². The summed E-state index contributed by atoms with van der Waals surface area (Å²) < 4.78 is 10.7. The topological polar surface area (TPSA) is 49.3 Å². The molecule has 1 heterocycles.